The van der Waals surface area contributed by atoms with Gasteiger partial charge in [-0.25, -0.2) is 0 Å². The van der Waals surface area contributed by atoms with Crippen LogP contribution in [0.15, 0.2) is 18.2 Å². The lowest BCUT2D eigenvalue weighted by Gasteiger charge is -2.13. The third kappa shape index (κ3) is 1.38. The standard InChI is InChI=1S/C11H13NOS/c1-3-12-7-8-4-5-9(13-2)6-10(8)11(12)14/h4-6H,3,7H2,1-2H3. The van der Waals surface area contributed by atoms with Gasteiger partial charge in [0.15, 0.2) is 0 Å². The van der Waals surface area contributed by atoms with Gasteiger partial charge in [-0.3, -0.25) is 0 Å². The SMILES string of the molecule is CCN1Cc2ccc(OC)cc2C1=S. The van der Waals surface area contributed by atoms with Gasteiger partial charge in [-0.05, 0) is 24.6 Å². The van der Waals surface area contributed by atoms with E-state index in [9.17, 15) is 0 Å². The topological polar surface area (TPSA) is 12.5 Å². The number of rotatable bonds is 2. The molecule has 0 aliphatic carbocycles. The summed E-state index contributed by atoms with van der Waals surface area (Å²) in [5, 5.41) is 0. The minimum Gasteiger partial charge on any atom is -0.497 e. The zero-order chi connectivity index (χ0) is 10.1. The molecule has 1 aromatic carbocycles. The molecule has 1 aliphatic heterocycles. The highest BCUT2D eigenvalue weighted by atomic mass is 32.1. The predicted molar refractivity (Wildman–Crippen MR) is 60.8 cm³/mol. The lowest BCUT2D eigenvalue weighted by molar-refractivity contribution is 0.414. The molecular weight excluding hydrogens is 194 g/mol. The molecule has 0 aromatic heterocycles. The summed E-state index contributed by atoms with van der Waals surface area (Å²) in [6.45, 7) is 4.03. The van der Waals surface area contributed by atoms with Crippen LogP contribution in [0.2, 0.25) is 0 Å². The van der Waals surface area contributed by atoms with E-state index in [-0.39, 0.29) is 0 Å². The highest BCUT2D eigenvalue weighted by Gasteiger charge is 2.22. The number of benzene rings is 1. The van der Waals surface area contributed by atoms with Gasteiger partial charge < -0.3 is 9.64 Å². The zero-order valence-corrected chi connectivity index (χ0v) is 9.23. The molecule has 0 N–H and O–H groups in total. The van der Waals surface area contributed by atoms with E-state index in [0.29, 0.717) is 0 Å². The van der Waals surface area contributed by atoms with Crippen molar-refractivity contribution in [3.8, 4) is 5.75 Å². The first-order valence-electron chi connectivity index (χ1n) is 4.72. The number of ether oxygens (including phenoxy) is 1. The Morgan fingerprint density at radius 1 is 1.50 bits per heavy atom. The predicted octanol–water partition coefficient (Wildman–Crippen LogP) is 2.21. The molecule has 14 heavy (non-hydrogen) atoms. The molecular formula is C11H13NOS. The van der Waals surface area contributed by atoms with E-state index in [4.69, 9.17) is 17.0 Å². The van der Waals surface area contributed by atoms with Crippen molar-refractivity contribution in [3.63, 3.8) is 0 Å². The molecule has 1 heterocycles. The van der Waals surface area contributed by atoms with E-state index in [1.165, 1.54) is 5.56 Å². The molecule has 2 rings (SSSR count). The van der Waals surface area contributed by atoms with Crippen molar-refractivity contribution in [1.29, 1.82) is 0 Å². The van der Waals surface area contributed by atoms with Gasteiger partial charge in [0.25, 0.3) is 0 Å². The first-order chi connectivity index (χ1) is 6.76. The monoisotopic (exact) mass is 207 g/mol. The van der Waals surface area contributed by atoms with Crippen molar-refractivity contribution < 1.29 is 4.74 Å². The van der Waals surface area contributed by atoms with E-state index < -0.39 is 0 Å². The molecule has 0 radical (unpaired) electrons. The van der Waals surface area contributed by atoms with Crippen LogP contribution >= 0.6 is 12.2 Å². The Bertz CT molecular complexity index is 376. The van der Waals surface area contributed by atoms with Crippen LogP contribution in [0.3, 0.4) is 0 Å². The van der Waals surface area contributed by atoms with Crippen LogP contribution in [-0.4, -0.2) is 23.5 Å². The quantitative estimate of drug-likeness (QED) is 0.690. The minimum atomic E-state index is 0.879. The Labute approximate surface area is 89.5 Å². The number of hydrogen-bond donors (Lipinski definition) is 0. The van der Waals surface area contributed by atoms with Crippen molar-refractivity contribution in [2.75, 3.05) is 13.7 Å². The van der Waals surface area contributed by atoms with Gasteiger partial charge in [0.05, 0.1) is 7.11 Å². The minimum absolute atomic E-state index is 0.879. The fourth-order valence-corrected chi connectivity index (χ4v) is 2.11. The van der Waals surface area contributed by atoms with Crippen molar-refractivity contribution in [2.24, 2.45) is 0 Å². The van der Waals surface area contributed by atoms with Gasteiger partial charge in [0.1, 0.15) is 10.7 Å². The summed E-state index contributed by atoms with van der Waals surface area (Å²) >= 11 is 5.37. The zero-order valence-electron chi connectivity index (χ0n) is 8.41. The summed E-state index contributed by atoms with van der Waals surface area (Å²) in [6, 6.07) is 6.10. The second kappa shape index (κ2) is 3.58. The van der Waals surface area contributed by atoms with Crippen LogP contribution in [0, 0.1) is 0 Å². The van der Waals surface area contributed by atoms with Crippen LogP contribution in [0.25, 0.3) is 0 Å². The molecule has 2 nitrogen and oxygen atoms in total. The van der Waals surface area contributed by atoms with E-state index in [1.54, 1.807) is 7.11 Å². The maximum Gasteiger partial charge on any atom is 0.119 e. The first-order valence-corrected chi connectivity index (χ1v) is 5.13. The third-order valence-electron chi connectivity index (χ3n) is 2.58. The smallest absolute Gasteiger partial charge is 0.119 e. The molecule has 0 spiro atoms. The number of hydrogen-bond acceptors (Lipinski definition) is 2. The van der Waals surface area contributed by atoms with Gasteiger partial charge in [0.2, 0.25) is 0 Å². The summed E-state index contributed by atoms with van der Waals surface area (Å²) in [5.41, 5.74) is 2.46. The molecule has 0 fully saturated rings. The second-order valence-corrected chi connectivity index (χ2v) is 3.73. The lowest BCUT2D eigenvalue weighted by Crippen LogP contribution is -2.21. The molecule has 1 aromatic rings. The van der Waals surface area contributed by atoms with Gasteiger partial charge in [0, 0.05) is 18.7 Å². The van der Waals surface area contributed by atoms with Crippen LogP contribution in [0.4, 0.5) is 0 Å². The van der Waals surface area contributed by atoms with E-state index in [0.717, 1.165) is 29.4 Å². The lowest BCUT2D eigenvalue weighted by atomic mass is 10.1. The normalized spacial score (nSPS) is 14.4. The average Bonchev–Trinajstić information content (AvgIpc) is 2.55. The Morgan fingerprint density at radius 2 is 2.29 bits per heavy atom. The van der Waals surface area contributed by atoms with Gasteiger partial charge in [-0.2, -0.15) is 0 Å². The van der Waals surface area contributed by atoms with Crippen molar-refractivity contribution in [1.82, 2.24) is 4.90 Å². The molecule has 0 unspecified atom stereocenters. The molecule has 3 heteroatoms. The highest BCUT2D eigenvalue weighted by Crippen LogP contribution is 2.26. The third-order valence-corrected chi connectivity index (χ3v) is 3.06. The van der Waals surface area contributed by atoms with Crippen molar-refractivity contribution in [2.45, 2.75) is 13.5 Å². The molecule has 0 atom stereocenters. The molecule has 0 bridgehead atoms. The maximum atomic E-state index is 5.37. The molecule has 0 amide bonds. The Morgan fingerprint density at radius 3 is 2.93 bits per heavy atom. The summed E-state index contributed by atoms with van der Waals surface area (Å²) in [4.78, 5) is 3.14. The summed E-state index contributed by atoms with van der Waals surface area (Å²) in [6.07, 6.45) is 0. The van der Waals surface area contributed by atoms with Crippen molar-refractivity contribution >= 4 is 17.2 Å². The molecule has 0 saturated carbocycles. The highest BCUT2D eigenvalue weighted by molar-refractivity contribution is 7.80. The molecule has 74 valence electrons. The van der Waals surface area contributed by atoms with Crippen LogP contribution in [0.1, 0.15) is 18.1 Å². The number of thiocarbonyl (C=S) groups is 1. The van der Waals surface area contributed by atoms with Crippen LogP contribution in [0.5, 0.6) is 5.75 Å². The Balaban J connectivity index is 2.40. The van der Waals surface area contributed by atoms with Gasteiger partial charge in [-0.15, -0.1) is 0 Å². The average molecular weight is 207 g/mol. The van der Waals surface area contributed by atoms with Crippen molar-refractivity contribution in [3.05, 3.63) is 29.3 Å². The number of nitrogens with zero attached hydrogens (tertiary/aromatic N) is 1. The fourth-order valence-electron chi connectivity index (χ4n) is 1.72. The van der Waals surface area contributed by atoms with Gasteiger partial charge in [-0.1, -0.05) is 18.3 Å². The summed E-state index contributed by atoms with van der Waals surface area (Å²) in [7, 11) is 1.68. The first kappa shape index (κ1) is 9.46. The van der Waals surface area contributed by atoms with E-state index in [2.05, 4.69) is 17.9 Å². The maximum absolute atomic E-state index is 5.37. The van der Waals surface area contributed by atoms with Gasteiger partial charge >= 0.3 is 0 Å². The van der Waals surface area contributed by atoms with E-state index >= 15 is 0 Å². The molecule has 1 aliphatic rings. The Hall–Kier alpha value is -1.09. The number of fused-ring (bicyclic) bond motifs is 1. The van der Waals surface area contributed by atoms with Crippen LogP contribution < -0.4 is 4.74 Å². The van der Waals surface area contributed by atoms with Crippen LogP contribution in [-0.2, 0) is 6.54 Å². The second-order valence-electron chi connectivity index (χ2n) is 3.34. The Kier molecular flexibility index (Phi) is 2.42. The van der Waals surface area contributed by atoms with E-state index in [1.807, 2.05) is 12.1 Å². The number of methoxy groups -OCH3 is 1. The fraction of sp³-hybridized carbons (Fsp3) is 0.364. The summed E-state index contributed by atoms with van der Waals surface area (Å²) < 4.78 is 5.18. The largest absolute Gasteiger partial charge is 0.497 e. The molecule has 0 saturated heterocycles. The summed E-state index contributed by atoms with van der Waals surface area (Å²) in [5.74, 6) is 0.879.